The third-order valence-electron chi connectivity index (χ3n) is 3.19. The van der Waals surface area contributed by atoms with Gasteiger partial charge in [0.2, 0.25) is 5.91 Å². The Morgan fingerprint density at radius 3 is 2.61 bits per heavy atom. The van der Waals surface area contributed by atoms with Crippen molar-refractivity contribution in [3.63, 3.8) is 0 Å². The van der Waals surface area contributed by atoms with E-state index in [1.165, 1.54) is 0 Å². The monoisotopic (exact) mass is 378 g/mol. The minimum atomic E-state index is -0.177. The Bertz CT molecular complexity index is 626. The van der Waals surface area contributed by atoms with Crippen LogP contribution in [0, 0.1) is 0 Å². The lowest BCUT2D eigenvalue weighted by Crippen LogP contribution is -2.31. The summed E-state index contributed by atoms with van der Waals surface area (Å²) < 4.78 is 2.74. The molecule has 2 aromatic rings. The molecule has 0 aliphatic rings. The lowest BCUT2D eigenvalue weighted by atomic mass is 10.2. The molecule has 2 N–H and O–H groups in total. The number of carbonyl (C=O) groups is 2. The topological polar surface area (TPSA) is 76.0 Å². The molecule has 0 spiro atoms. The van der Waals surface area contributed by atoms with Crippen molar-refractivity contribution in [2.75, 3.05) is 13.1 Å². The average Bonchev–Trinajstić information content (AvgIpc) is 3.05. The Hall–Kier alpha value is -2.15. The molecule has 0 bridgehead atoms. The van der Waals surface area contributed by atoms with Crippen LogP contribution in [0.4, 0.5) is 0 Å². The molecule has 0 aliphatic carbocycles. The number of amides is 2. The zero-order valence-corrected chi connectivity index (χ0v) is 14.3. The smallest absolute Gasteiger partial charge is 0.251 e. The molecular weight excluding hydrogens is 360 g/mol. The molecule has 122 valence electrons. The van der Waals surface area contributed by atoms with Gasteiger partial charge < -0.3 is 10.6 Å². The van der Waals surface area contributed by atoms with E-state index >= 15 is 0 Å². The number of hydrogen-bond acceptors (Lipinski definition) is 3. The van der Waals surface area contributed by atoms with E-state index < -0.39 is 0 Å². The van der Waals surface area contributed by atoms with Crippen LogP contribution in [0.3, 0.4) is 0 Å². The van der Waals surface area contributed by atoms with Gasteiger partial charge in [-0.15, -0.1) is 0 Å². The van der Waals surface area contributed by atoms with E-state index in [1.807, 2.05) is 16.9 Å². The highest BCUT2D eigenvalue weighted by Crippen LogP contribution is 2.10. The van der Waals surface area contributed by atoms with Crippen molar-refractivity contribution >= 4 is 27.7 Å². The molecule has 0 fully saturated rings. The van der Waals surface area contributed by atoms with Gasteiger partial charge in [-0.05, 0) is 36.8 Å². The maximum absolute atomic E-state index is 11.9. The van der Waals surface area contributed by atoms with E-state index in [2.05, 4.69) is 31.7 Å². The van der Waals surface area contributed by atoms with Crippen molar-refractivity contribution in [3.8, 4) is 0 Å². The van der Waals surface area contributed by atoms with E-state index in [-0.39, 0.29) is 18.2 Å². The molecule has 0 saturated heterocycles. The number of halogens is 1. The second kappa shape index (κ2) is 9.09. The summed E-state index contributed by atoms with van der Waals surface area (Å²) in [6.07, 6.45) is 4.70. The quantitative estimate of drug-likeness (QED) is 0.689. The molecule has 0 aliphatic heterocycles. The van der Waals surface area contributed by atoms with Gasteiger partial charge in [0.1, 0.15) is 0 Å². The SMILES string of the molecule is O=C(CCNC(=O)c1ccc(Br)cc1)NCCCn1cccn1. The van der Waals surface area contributed by atoms with Gasteiger partial charge in [0.05, 0.1) is 0 Å². The van der Waals surface area contributed by atoms with Crippen molar-refractivity contribution in [2.24, 2.45) is 0 Å². The van der Waals surface area contributed by atoms with Gasteiger partial charge in [-0.2, -0.15) is 5.10 Å². The molecule has 23 heavy (non-hydrogen) atoms. The van der Waals surface area contributed by atoms with Crippen molar-refractivity contribution < 1.29 is 9.59 Å². The number of aryl methyl sites for hydroxylation is 1. The number of benzene rings is 1. The molecule has 2 rings (SSSR count). The van der Waals surface area contributed by atoms with Crippen LogP contribution in [0.1, 0.15) is 23.2 Å². The number of aromatic nitrogens is 2. The lowest BCUT2D eigenvalue weighted by Gasteiger charge is -2.07. The molecule has 1 aromatic carbocycles. The normalized spacial score (nSPS) is 10.3. The van der Waals surface area contributed by atoms with E-state index in [0.29, 0.717) is 18.7 Å². The zero-order chi connectivity index (χ0) is 16.5. The van der Waals surface area contributed by atoms with E-state index in [0.717, 1.165) is 17.4 Å². The summed E-state index contributed by atoms with van der Waals surface area (Å²) in [5.74, 6) is -0.245. The number of rotatable bonds is 8. The maximum atomic E-state index is 11.9. The number of carbonyl (C=O) groups excluding carboxylic acids is 2. The number of nitrogens with zero attached hydrogens (tertiary/aromatic N) is 2. The van der Waals surface area contributed by atoms with Crippen LogP contribution in [0.2, 0.25) is 0 Å². The van der Waals surface area contributed by atoms with Gasteiger partial charge in [-0.1, -0.05) is 15.9 Å². The standard InChI is InChI=1S/C16H19BrN4O2/c17-14-5-3-13(4-6-14)16(23)19-10-7-15(22)18-8-1-11-21-12-2-9-20-21/h2-6,9,12H,1,7-8,10-11H2,(H,18,22)(H,19,23). The molecule has 0 radical (unpaired) electrons. The van der Waals surface area contributed by atoms with Crippen molar-refractivity contribution in [2.45, 2.75) is 19.4 Å². The molecule has 1 heterocycles. The fourth-order valence-corrected chi connectivity index (χ4v) is 2.25. The lowest BCUT2D eigenvalue weighted by molar-refractivity contribution is -0.120. The fourth-order valence-electron chi connectivity index (χ4n) is 1.98. The van der Waals surface area contributed by atoms with Gasteiger partial charge in [0.15, 0.2) is 0 Å². The highest BCUT2D eigenvalue weighted by atomic mass is 79.9. The van der Waals surface area contributed by atoms with Gasteiger partial charge in [-0.3, -0.25) is 14.3 Å². The van der Waals surface area contributed by atoms with Gasteiger partial charge in [-0.25, -0.2) is 0 Å². The largest absolute Gasteiger partial charge is 0.356 e. The Morgan fingerprint density at radius 1 is 1.13 bits per heavy atom. The maximum Gasteiger partial charge on any atom is 0.251 e. The molecule has 2 amide bonds. The van der Waals surface area contributed by atoms with Crippen LogP contribution < -0.4 is 10.6 Å². The summed E-state index contributed by atoms with van der Waals surface area (Å²) in [6, 6.07) is 8.94. The first kappa shape index (κ1) is 17.2. The Balaban J connectivity index is 1.57. The van der Waals surface area contributed by atoms with Crippen LogP contribution in [-0.2, 0) is 11.3 Å². The van der Waals surface area contributed by atoms with Gasteiger partial charge in [0, 0.05) is 48.5 Å². The molecular formula is C16H19BrN4O2. The molecule has 1 aromatic heterocycles. The summed E-state index contributed by atoms with van der Waals surface area (Å²) >= 11 is 3.32. The first-order valence-corrected chi connectivity index (χ1v) is 8.22. The molecule has 0 atom stereocenters. The van der Waals surface area contributed by atoms with E-state index in [9.17, 15) is 9.59 Å². The van der Waals surface area contributed by atoms with Crippen LogP contribution in [0.25, 0.3) is 0 Å². The number of nitrogens with one attached hydrogen (secondary N) is 2. The Kier molecular flexibility index (Phi) is 6.80. The third kappa shape index (κ3) is 6.23. The first-order valence-electron chi connectivity index (χ1n) is 7.43. The van der Waals surface area contributed by atoms with Crippen LogP contribution in [0.15, 0.2) is 47.2 Å². The van der Waals surface area contributed by atoms with Crippen molar-refractivity contribution in [3.05, 3.63) is 52.8 Å². The summed E-state index contributed by atoms with van der Waals surface area (Å²) in [5.41, 5.74) is 0.577. The first-order chi connectivity index (χ1) is 11.1. The molecule has 6 nitrogen and oxygen atoms in total. The highest BCUT2D eigenvalue weighted by molar-refractivity contribution is 9.10. The van der Waals surface area contributed by atoms with Crippen molar-refractivity contribution in [1.29, 1.82) is 0 Å². The minimum Gasteiger partial charge on any atom is -0.356 e. The predicted molar refractivity (Wildman–Crippen MR) is 90.9 cm³/mol. The third-order valence-corrected chi connectivity index (χ3v) is 3.72. The molecule has 7 heteroatoms. The van der Waals surface area contributed by atoms with Crippen molar-refractivity contribution in [1.82, 2.24) is 20.4 Å². The summed E-state index contributed by atoms with van der Waals surface area (Å²) in [4.78, 5) is 23.5. The van der Waals surface area contributed by atoms with E-state index in [1.54, 1.807) is 30.5 Å². The fraction of sp³-hybridized carbons (Fsp3) is 0.312. The molecule has 0 unspecified atom stereocenters. The second-order valence-corrected chi connectivity index (χ2v) is 5.90. The average molecular weight is 379 g/mol. The number of hydrogen-bond donors (Lipinski definition) is 2. The second-order valence-electron chi connectivity index (χ2n) is 4.99. The van der Waals surface area contributed by atoms with Crippen LogP contribution >= 0.6 is 15.9 Å². The Morgan fingerprint density at radius 2 is 1.91 bits per heavy atom. The van der Waals surface area contributed by atoms with Gasteiger partial charge >= 0.3 is 0 Å². The summed E-state index contributed by atoms with van der Waals surface area (Å²) in [6.45, 7) is 1.69. The summed E-state index contributed by atoms with van der Waals surface area (Å²) in [7, 11) is 0. The molecule has 0 saturated carbocycles. The zero-order valence-electron chi connectivity index (χ0n) is 12.7. The van der Waals surface area contributed by atoms with E-state index in [4.69, 9.17) is 0 Å². The van der Waals surface area contributed by atoms with Gasteiger partial charge in [0.25, 0.3) is 5.91 Å². The van der Waals surface area contributed by atoms with Crippen LogP contribution in [0.5, 0.6) is 0 Å². The van der Waals surface area contributed by atoms with Crippen LogP contribution in [-0.4, -0.2) is 34.7 Å². The minimum absolute atomic E-state index is 0.0680. The summed E-state index contributed by atoms with van der Waals surface area (Å²) in [5, 5.41) is 9.65. The predicted octanol–water partition coefficient (Wildman–Crippen LogP) is 1.97. The highest BCUT2D eigenvalue weighted by Gasteiger charge is 2.06. The Labute approximate surface area is 143 Å².